The summed E-state index contributed by atoms with van der Waals surface area (Å²) in [6.07, 6.45) is 3.80. The van der Waals surface area contributed by atoms with E-state index in [0.29, 0.717) is 32.0 Å². The van der Waals surface area contributed by atoms with Crippen molar-refractivity contribution in [3.63, 3.8) is 0 Å². The smallest absolute Gasteiger partial charge is 0.225 e. The Kier molecular flexibility index (Phi) is 5.02. The lowest BCUT2D eigenvalue weighted by molar-refractivity contribution is -0.131. The van der Waals surface area contributed by atoms with Gasteiger partial charge < -0.3 is 20.4 Å². The molecule has 2 amide bonds. The van der Waals surface area contributed by atoms with Crippen molar-refractivity contribution < 1.29 is 9.59 Å². The maximum Gasteiger partial charge on any atom is 0.225 e. The first kappa shape index (κ1) is 15.7. The number of amides is 2. The summed E-state index contributed by atoms with van der Waals surface area (Å²) in [6, 6.07) is 1.79. The fraction of sp³-hybridized carbons (Fsp3) is 0.600. The number of carbonyl (C=O) groups is 2. The van der Waals surface area contributed by atoms with Crippen molar-refractivity contribution in [3.8, 4) is 0 Å². The molecule has 2 fully saturated rings. The van der Waals surface area contributed by atoms with Crippen LogP contribution in [0.2, 0.25) is 0 Å². The van der Waals surface area contributed by atoms with Crippen LogP contribution in [0, 0.1) is 5.92 Å². The average molecular weight is 318 g/mol. The van der Waals surface area contributed by atoms with E-state index in [2.05, 4.69) is 25.5 Å². The monoisotopic (exact) mass is 318 g/mol. The van der Waals surface area contributed by atoms with Gasteiger partial charge >= 0.3 is 0 Å². The molecule has 0 radical (unpaired) electrons. The summed E-state index contributed by atoms with van der Waals surface area (Å²) in [5.74, 6) is 0.911. The predicted octanol–water partition coefficient (Wildman–Crippen LogP) is -1.15. The lowest BCUT2D eigenvalue weighted by atomic mass is 10.0. The predicted molar refractivity (Wildman–Crippen MR) is 84.8 cm³/mol. The molecule has 8 heteroatoms. The van der Waals surface area contributed by atoms with E-state index < -0.39 is 0 Å². The molecule has 2 saturated heterocycles. The molecule has 0 aromatic carbocycles. The number of nitrogens with zero attached hydrogens (tertiary/aromatic N) is 4. The van der Waals surface area contributed by atoms with Gasteiger partial charge in [0, 0.05) is 64.6 Å². The first-order valence-corrected chi connectivity index (χ1v) is 8.02. The zero-order chi connectivity index (χ0) is 16.1. The quantitative estimate of drug-likeness (QED) is 0.713. The second-order valence-electron chi connectivity index (χ2n) is 5.81. The minimum Gasteiger partial charge on any atom is -0.355 e. The molecule has 0 aliphatic carbocycles. The van der Waals surface area contributed by atoms with Crippen LogP contribution in [-0.2, 0) is 9.59 Å². The fourth-order valence-corrected chi connectivity index (χ4v) is 2.68. The van der Waals surface area contributed by atoms with Gasteiger partial charge in [0.05, 0.1) is 5.92 Å². The largest absolute Gasteiger partial charge is 0.355 e. The van der Waals surface area contributed by atoms with Crippen LogP contribution in [0.15, 0.2) is 18.5 Å². The highest BCUT2D eigenvalue weighted by atomic mass is 16.2. The molecule has 0 spiro atoms. The van der Waals surface area contributed by atoms with Crippen molar-refractivity contribution in [1.29, 1.82) is 0 Å². The van der Waals surface area contributed by atoms with Crippen LogP contribution in [0.1, 0.15) is 6.42 Å². The standard InChI is InChI=1S/C15H22N6O2/c22-13(2-5-17-14(23)12-10-16-11-12)20-6-8-21(9-7-20)15-18-3-1-4-19-15/h1,3-4,12,16H,2,5-11H2,(H,17,23). The van der Waals surface area contributed by atoms with Crippen LogP contribution in [0.4, 0.5) is 5.95 Å². The Morgan fingerprint density at radius 1 is 1.17 bits per heavy atom. The third kappa shape index (κ3) is 3.95. The summed E-state index contributed by atoms with van der Waals surface area (Å²) >= 11 is 0. The van der Waals surface area contributed by atoms with E-state index >= 15 is 0 Å². The number of nitrogens with one attached hydrogen (secondary N) is 2. The molecule has 8 nitrogen and oxygen atoms in total. The first-order valence-electron chi connectivity index (χ1n) is 8.02. The van der Waals surface area contributed by atoms with Crippen molar-refractivity contribution in [3.05, 3.63) is 18.5 Å². The summed E-state index contributed by atoms with van der Waals surface area (Å²) in [4.78, 5) is 36.3. The van der Waals surface area contributed by atoms with E-state index in [4.69, 9.17) is 0 Å². The molecular weight excluding hydrogens is 296 g/mol. The molecule has 23 heavy (non-hydrogen) atoms. The minimum atomic E-state index is 0.0441. The summed E-state index contributed by atoms with van der Waals surface area (Å²) < 4.78 is 0. The number of piperazine rings is 1. The van der Waals surface area contributed by atoms with Gasteiger partial charge in [-0.1, -0.05) is 0 Å². The number of rotatable bonds is 5. The Balaban J connectivity index is 1.37. The van der Waals surface area contributed by atoms with Gasteiger partial charge in [-0.25, -0.2) is 9.97 Å². The zero-order valence-electron chi connectivity index (χ0n) is 13.1. The third-order valence-corrected chi connectivity index (χ3v) is 4.26. The Bertz CT molecular complexity index is 540. The van der Waals surface area contributed by atoms with Gasteiger partial charge in [0.2, 0.25) is 17.8 Å². The minimum absolute atomic E-state index is 0.0441. The van der Waals surface area contributed by atoms with Crippen molar-refractivity contribution in [2.45, 2.75) is 6.42 Å². The molecule has 0 saturated carbocycles. The summed E-state index contributed by atoms with van der Waals surface area (Å²) in [5, 5.41) is 5.89. The molecule has 3 rings (SSSR count). The van der Waals surface area contributed by atoms with Crippen molar-refractivity contribution in [2.75, 3.05) is 50.7 Å². The van der Waals surface area contributed by atoms with Crippen LogP contribution in [0.25, 0.3) is 0 Å². The van der Waals surface area contributed by atoms with Gasteiger partial charge in [0.15, 0.2) is 0 Å². The lowest BCUT2D eigenvalue weighted by Crippen LogP contribution is -2.52. The summed E-state index contributed by atoms with van der Waals surface area (Å²) in [6.45, 7) is 4.68. The normalized spacial score (nSPS) is 18.4. The second kappa shape index (κ2) is 7.36. The van der Waals surface area contributed by atoms with E-state index in [-0.39, 0.29) is 17.7 Å². The van der Waals surface area contributed by atoms with Crippen LogP contribution in [-0.4, -0.2) is 72.5 Å². The molecule has 2 N–H and O–H groups in total. The van der Waals surface area contributed by atoms with Crippen LogP contribution < -0.4 is 15.5 Å². The van der Waals surface area contributed by atoms with Gasteiger partial charge in [0.1, 0.15) is 0 Å². The fourth-order valence-electron chi connectivity index (χ4n) is 2.68. The molecule has 124 valence electrons. The highest BCUT2D eigenvalue weighted by Gasteiger charge is 2.25. The van der Waals surface area contributed by atoms with Gasteiger partial charge in [-0.3, -0.25) is 9.59 Å². The Morgan fingerprint density at radius 2 is 1.87 bits per heavy atom. The van der Waals surface area contributed by atoms with Gasteiger partial charge in [-0.05, 0) is 6.07 Å². The summed E-state index contributed by atoms with van der Waals surface area (Å²) in [7, 11) is 0. The molecule has 2 aliphatic heterocycles. The topological polar surface area (TPSA) is 90.5 Å². The van der Waals surface area contributed by atoms with Crippen molar-refractivity contribution in [2.24, 2.45) is 5.92 Å². The van der Waals surface area contributed by atoms with Crippen LogP contribution >= 0.6 is 0 Å². The van der Waals surface area contributed by atoms with Crippen molar-refractivity contribution in [1.82, 2.24) is 25.5 Å². The maximum atomic E-state index is 12.2. The van der Waals surface area contributed by atoms with E-state index in [1.54, 1.807) is 18.5 Å². The van der Waals surface area contributed by atoms with Crippen LogP contribution in [0.5, 0.6) is 0 Å². The lowest BCUT2D eigenvalue weighted by Gasteiger charge is -2.34. The molecule has 0 bridgehead atoms. The molecule has 1 aromatic rings. The molecule has 1 aromatic heterocycles. The SMILES string of the molecule is O=C(NCCC(=O)N1CCN(c2ncccn2)CC1)C1CNC1. The molecular formula is C15H22N6O2. The van der Waals surface area contributed by atoms with Crippen molar-refractivity contribution >= 4 is 17.8 Å². The summed E-state index contributed by atoms with van der Waals surface area (Å²) in [5.41, 5.74) is 0. The molecule has 3 heterocycles. The third-order valence-electron chi connectivity index (χ3n) is 4.26. The molecule has 0 atom stereocenters. The Labute approximate surface area is 135 Å². The van der Waals surface area contributed by atoms with Gasteiger partial charge in [0.25, 0.3) is 0 Å². The Morgan fingerprint density at radius 3 is 2.48 bits per heavy atom. The van der Waals surface area contributed by atoms with Crippen LogP contribution in [0.3, 0.4) is 0 Å². The van der Waals surface area contributed by atoms with E-state index in [0.717, 1.165) is 26.2 Å². The highest BCUT2D eigenvalue weighted by molar-refractivity contribution is 5.81. The number of aromatic nitrogens is 2. The number of hydrogen-bond acceptors (Lipinski definition) is 6. The Hall–Kier alpha value is -2.22. The number of anilines is 1. The van der Waals surface area contributed by atoms with E-state index in [1.165, 1.54) is 0 Å². The maximum absolute atomic E-state index is 12.2. The highest BCUT2D eigenvalue weighted by Crippen LogP contribution is 2.10. The van der Waals surface area contributed by atoms with Gasteiger partial charge in [-0.2, -0.15) is 0 Å². The molecule has 0 unspecified atom stereocenters. The number of hydrogen-bond donors (Lipinski definition) is 2. The molecule has 2 aliphatic rings. The second-order valence-corrected chi connectivity index (χ2v) is 5.81. The van der Waals surface area contributed by atoms with Gasteiger partial charge in [-0.15, -0.1) is 0 Å². The van der Waals surface area contributed by atoms with E-state index in [9.17, 15) is 9.59 Å². The van der Waals surface area contributed by atoms with E-state index in [1.807, 2.05) is 4.90 Å². The number of carbonyl (C=O) groups excluding carboxylic acids is 2. The first-order chi connectivity index (χ1) is 11.2. The average Bonchev–Trinajstić information content (AvgIpc) is 2.54. The zero-order valence-corrected chi connectivity index (χ0v) is 13.1.